The Hall–Kier alpha value is -3.57. The molecule has 0 fully saturated rings. The molecule has 0 aliphatic rings. The van der Waals surface area contributed by atoms with Gasteiger partial charge in [-0.05, 0) is 12.1 Å². The highest BCUT2D eigenvalue weighted by atomic mass is 16.6. The van der Waals surface area contributed by atoms with Crippen LogP contribution in [0.25, 0.3) is 10.9 Å². The fourth-order valence-corrected chi connectivity index (χ4v) is 2.54. The van der Waals surface area contributed by atoms with E-state index in [1.54, 1.807) is 12.3 Å². The summed E-state index contributed by atoms with van der Waals surface area (Å²) < 4.78 is 1.88. The lowest BCUT2D eigenvalue weighted by molar-refractivity contribution is 0.132. The van der Waals surface area contributed by atoms with Crippen LogP contribution in [0.3, 0.4) is 0 Å². The fraction of sp³-hybridized carbons (Fsp3) is 0.105. The predicted molar refractivity (Wildman–Crippen MR) is 91.1 cm³/mol. The van der Waals surface area contributed by atoms with Crippen molar-refractivity contribution in [2.75, 3.05) is 0 Å². The van der Waals surface area contributed by atoms with Crippen LogP contribution in [0.2, 0.25) is 0 Å². The molecule has 0 atom stereocenters. The van der Waals surface area contributed by atoms with E-state index in [2.05, 4.69) is 17.3 Å². The average Bonchev–Trinajstić information content (AvgIpc) is 2.97. The average molecular weight is 314 g/mol. The second-order valence-corrected chi connectivity index (χ2v) is 5.16. The van der Waals surface area contributed by atoms with Crippen LogP contribution in [-0.4, -0.2) is 10.8 Å². The van der Waals surface area contributed by atoms with Gasteiger partial charge in [-0.2, -0.15) is 10.5 Å². The molecule has 24 heavy (non-hydrogen) atoms. The minimum Gasteiger partial charge on any atom is -0.391 e. The number of oxime groups is 1. The highest BCUT2D eigenvalue weighted by Crippen LogP contribution is 2.20. The Morgan fingerprint density at radius 3 is 2.71 bits per heavy atom. The molecule has 0 aliphatic heterocycles. The molecule has 0 N–H and O–H groups in total. The number of para-hydroxylation sites is 1. The molecule has 0 radical (unpaired) electrons. The maximum absolute atomic E-state index is 9.05. The van der Waals surface area contributed by atoms with Crippen molar-refractivity contribution in [1.82, 2.24) is 4.57 Å². The van der Waals surface area contributed by atoms with E-state index in [1.165, 1.54) is 0 Å². The third-order valence-corrected chi connectivity index (χ3v) is 3.68. The number of fused-ring (bicyclic) bond motifs is 1. The van der Waals surface area contributed by atoms with Gasteiger partial charge in [0.1, 0.15) is 13.2 Å². The minimum atomic E-state index is 0.233. The van der Waals surface area contributed by atoms with Crippen molar-refractivity contribution >= 4 is 17.1 Å². The van der Waals surface area contributed by atoms with Gasteiger partial charge in [-0.25, -0.2) is 0 Å². The number of hydrogen-bond donors (Lipinski definition) is 0. The van der Waals surface area contributed by atoms with E-state index in [0.29, 0.717) is 5.56 Å². The van der Waals surface area contributed by atoms with Crippen molar-refractivity contribution in [1.29, 1.82) is 10.5 Å². The second-order valence-electron chi connectivity index (χ2n) is 5.16. The lowest BCUT2D eigenvalue weighted by atomic mass is 10.1. The van der Waals surface area contributed by atoms with Gasteiger partial charge in [0.05, 0.1) is 23.9 Å². The zero-order chi connectivity index (χ0) is 16.8. The minimum absolute atomic E-state index is 0.233. The number of benzene rings is 2. The fourth-order valence-electron chi connectivity index (χ4n) is 2.54. The van der Waals surface area contributed by atoms with Crippen LogP contribution in [0.4, 0.5) is 0 Å². The Balaban J connectivity index is 1.77. The summed E-state index contributed by atoms with van der Waals surface area (Å²) in [6, 6.07) is 19.4. The van der Waals surface area contributed by atoms with E-state index in [9.17, 15) is 0 Å². The van der Waals surface area contributed by atoms with Gasteiger partial charge in [0.2, 0.25) is 0 Å². The number of hydrogen-bond acceptors (Lipinski definition) is 4. The third-order valence-electron chi connectivity index (χ3n) is 3.68. The SMILES string of the molecule is N#CCn1cc(/C=N\OCc2ccccc2C#N)c2ccccc21. The monoisotopic (exact) mass is 314 g/mol. The zero-order valence-corrected chi connectivity index (χ0v) is 12.9. The molecular formula is C19H14N4O. The maximum Gasteiger partial charge on any atom is 0.143 e. The lowest BCUT2D eigenvalue weighted by Gasteiger charge is -2.01. The van der Waals surface area contributed by atoms with E-state index in [4.69, 9.17) is 15.4 Å². The molecule has 0 unspecified atom stereocenters. The summed E-state index contributed by atoms with van der Waals surface area (Å²) in [5, 5.41) is 23.0. The summed E-state index contributed by atoms with van der Waals surface area (Å²) >= 11 is 0. The molecule has 0 amide bonds. The third kappa shape index (κ3) is 3.11. The van der Waals surface area contributed by atoms with Crippen LogP contribution in [0, 0.1) is 22.7 Å². The van der Waals surface area contributed by atoms with Gasteiger partial charge >= 0.3 is 0 Å². The summed E-state index contributed by atoms with van der Waals surface area (Å²) in [7, 11) is 0. The molecule has 0 spiro atoms. The molecule has 5 nitrogen and oxygen atoms in total. The predicted octanol–water partition coefficient (Wildman–Crippen LogP) is 3.59. The summed E-state index contributed by atoms with van der Waals surface area (Å²) in [4.78, 5) is 5.33. The van der Waals surface area contributed by atoms with Crippen LogP contribution in [0.15, 0.2) is 59.9 Å². The van der Waals surface area contributed by atoms with Gasteiger partial charge in [-0.15, -0.1) is 0 Å². The second kappa shape index (κ2) is 7.13. The quantitative estimate of drug-likeness (QED) is 0.533. The van der Waals surface area contributed by atoms with Crippen molar-refractivity contribution in [3.63, 3.8) is 0 Å². The molecule has 1 heterocycles. The molecule has 1 aromatic heterocycles. The molecule has 3 aromatic rings. The molecule has 0 saturated heterocycles. The normalized spacial score (nSPS) is 10.6. The molecule has 116 valence electrons. The van der Waals surface area contributed by atoms with Crippen LogP contribution in [0.5, 0.6) is 0 Å². The van der Waals surface area contributed by atoms with Gasteiger partial charge in [0.15, 0.2) is 0 Å². The van der Waals surface area contributed by atoms with Crippen LogP contribution < -0.4 is 0 Å². The Morgan fingerprint density at radius 2 is 1.88 bits per heavy atom. The molecular weight excluding hydrogens is 300 g/mol. The van der Waals surface area contributed by atoms with Gasteiger partial charge in [-0.3, -0.25) is 0 Å². The zero-order valence-electron chi connectivity index (χ0n) is 12.9. The van der Waals surface area contributed by atoms with E-state index in [0.717, 1.165) is 22.0 Å². The van der Waals surface area contributed by atoms with Gasteiger partial charge in [0, 0.05) is 28.2 Å². The van der Waals surface area contributed by atoms with Gasteiger partial charge in [0.25, 0.3) is 0 Å². The van der Waals surface area contributed by atoms with E-state index in [1.807, 2.05) is 53.2 Å². The Bertz CT molecular complexity index is 973. The first-order valence-corrected chi connectivity index (χ1v) is 7.41. The number of nitriles is 2. The van der Waals surface area contributed by atoms with E-state index >= 15 is 0 Å². The molecule has 2 aromatic carbocycles. The first-order valence-electron chi connectivity index (χ1n) is 7.41. The van der Waals surface area contributed by atoms with Gasteiger partial charge < -0.3 is 9.40 Å². The van der Waals surface area contributed by atoms with Crippen molar-refractivity contribution < 1.29 is 4.84 Å². The highest BCUT2D eigenvalue weighted by molar-refractivity contribution is 5.99. The summed E-state index contributed by atoms with van der Waals surface area (Å²) in [6.07, 6.45) is 3.51. The summed E-state index contributed by atoms with van der Waals surface area (Å²) in [6.45, 7) is 0.516. The molecule has 0 bridgehead atoms. The first kappa shape index (κ1) is 15.3. The summed E-state index contributed by atoms with van der Waals surface area (Å²) in [5.41, 5.74) is 3.24. The topological polar surface area (TPSA) is 74.1 Å². The standard InChI is InChI=1S/C19H14N4O/c20-9-10-23-13-17(18-7-3-4-8-19(18)23)12-22-24-14-16-6-2-1-5-15(16)11-21/h1-8,12-13H,10,14H2/b22-12-. The Kier molecular flexibility index (Phi) is 4.55. The number of aromatic nitrogens is 1. The molecule has 0 aliphatic carbocycles. The Morgan fingerprint density at radius 1 is 1.08 bits per heavy atom. The van der Waals surface area contributed by atoms with E-state index < -0.39 is 0 Å². The number of nitrogens with zero attached hydrogens (tertiary/aromatic N) is 4. The Labute approximate surface area is 139 Å². The smallest absolute Gasteiger partial charge is 0.143 e. The van der Waals surface area contributed by atoms with Gasteiger partial charge in [-0.1, -0.05) is 41.6 Å². The van der Waals surface area contributed by atoms with Crippen molar-refractivity contribution in [2.45, 2.75) is 13.2 Å². The highest BCUT2D eigenvalue weighted by Gasteiger charge is 2.06. The maximum atomic E-state index is 9.05. The first-order chi connectivity index (χ1) is 11.8. The molecule has 3 rings (SSSR count). The number of rotatable bonds is 5. The summed E-state index contributed by atoms with van der Waals surface area (Å²) in [5.74, 6) is 0. The van der Waals surface area contributed by atoms with Crippen LogP contribution in [-0.2, 0) is 18.0 Å². The lowest BCUT2D eigenvalue weighted by Crippen LogP contribution is -1.92. The van der Waals surface area contributed by atoms with Crippen molar-refractivity contribution in [2.24, 2.45) is 5.16 Å². The molecule has 5 heteroatoms. The van der Waals surface area contributed by atoms with Crippen molar-refractivity contribution in [3.8, 4) is 12.1 Å². The largest absolute Gasteiger partial charge is 0.391 e. The molecule has 0 saturated carbocycles. The van der Waals surface area contributed by atoms with Crippen LogP contribution in [0.1, 0.15) is 16.7 Å². The van der Waals surface area contributed by atoms with Crippen LogP contribution >= 0.6 is 0 Å². The van der Waals surface area contributed by atoms with E-state index in [-0.39, 0.29) is 13.2 Å². The van der Waals surface area contributed by atoms with Crippen molar-refractivity contribution in [3.05, 3.63) is 71.4 Å².